The topological polar surface area (TPSA) is 9.23 Å². The summed E-state index contributed by atoms with van der Waals surface area (Å²) in [5.74, 6) is 1.06. The molecule has 0 radical (unpaired) electrons. The van der Waals surface area contributed by atoms with Crippen molar-refractivity contribution in [3.63, 3.8) is 0 Å². The number of allylic oxidation sites excluding steroid dienone is 3. The zero-order valence-electron chi connectivity index (χ0n) is 7.98. The van der Waals surface area contributed by atoms with E-state index in [-0.39, 0.29) is 0 Å². The van der Waals surface area contributed by atoms with Crippen LogP contribution in [0.3, 0.4) is 0 Å². The predicted molar refractivity (Wildman–Crippen MR) is 55.2 cm³/mol. The minimum atomic E-state index is 0.852. The van der Waals surface area contributed by atoms with Crippen molar-refractivity contribution in [1.29, 1.82) is 0 Å². The van der Waals surface area contributed by atoms with Crippen molar-refractivity contribution in [3.8, 4) is 0 Å². The first-order valence-corrected chi connectivity index (χ1v) is 4.77. The molecule has 0 N–H and O–H groups in total. The van der Waals surface area contributed by atoms with Gasteiger partial charge in [0, 0.05) is 5.57 Å². The summed E-state index contributed by atoms with van der Waals surface area (Å²) < 4.78 is 5.59. The lowest BCUT2D eigenvalue weighted by Crippen LogP contribution is -2.08. The largest absolute Gasteiger partial charge is 0.493 e. The van der Waals surface area contributed by atoms with Gasteiger partial charge in [0.25, 0.3) is 0 Å². The number of hydrogen-bond donors (Lipinski definition) is 1. The average Bonchev–Trinajstić information content (AvgIpc) is 2.04. The summed E-state index contributed by atoms with van der Waals surface area (Å²) >= 11 is 4.36. The number of hydrogen-bond acceptors (Lipinski definition) is 2. The first-order chi connectivity index (χ1) is 5.63. The Kier molecular flexibility index (Phi) is 3.27. The lowest BCUT2D eigenvalue weighted by Gasteiger charge is -2.22. The molecule has 0 aromatic heterocycles. The predicted octanol–water partition coefficient (Wildman–Crippen LogP) is 3.29. The van der Waals surface area contributed by atoms with Gasteiger partial charge in [0.05, 0.1) is 6.61 Å². The summed E-state index contributed by atoms with van der Waals surface area (Å²) in [6.45, 7) is 7.04. The minimum Gasteiger partial charge on any atom is -0.493 e. The summed E-state index contributed by atoms with van der Waals surface area (Å²) in [4.78, 5) is 1.09. The normalized spacial score (nSPS) is 21.8. The second kappa shape index (κ2) is 4.04. The van der Waals surface area contributed by atoms with Crippen LogP contribution in [0, 0.1) is 0 Å². The van der Waals surface area contributed by atoms with Crippen LogP contribution in [-0.4, -0.2) is 6.61 Å². The molecule has 1 heterocycles. The second-order valence-electron chi connectivity index (χ2n) is 3.35. The lowest BCUT2D eigenvalue weighted by molar-refractivity contribution is 0.190. The van der Waals surface area contributed by atoms with E-state index >= 15 is 0 Å². The van der Waals surface area contributed by atoms with Crippen LogP contribution >= 0.6 is 12.6 Å². The van der Waals surface area contributed by atoms with Gasteiger partial charge in [-0.25, -0.2) is 0 Å². The molecule has 0 spiro atoms. The fraction of sp³-hybridized carbons (Fsp3) is 0.600. The van der Waals surface area contributed by atoms with Crippen LogP contribution in [-0.2, 0) is 4.74 Å². The maximum atomic E-state index is 5.59. The zero-order valence-corrected chi connectivity index (χ0v) is 8.87. The Morgan fingerprint density at radius 1 is 1.33 bits per heavy atom. The van der Waals surface area contributed by atoms with Crippen molar-refractivity contribution in [1.82, 2.24) is 0 Å². The van der Waals surface area contributed by atoms with E-state index in [1.807, 2.05) is 6.92 Å². The lowest BCUT2D eigenvalue weighted by atomic mass is 10.0. The van der Waals surface area contributed by atoms with Crippen molar-refractivity contribution in [2.45, 2.75) is 33.6 Å². The van der Waals surface area contributed by atoms with Gasteiger partial charge >= 0.3 is 0 Å². The maximum absolute atomic E-state index is 5.59. The summed E-state index contributed by atoms with van der Waals surface area (Å²) in [7, 11) is 0. The molecule has 0 aliphatic carbocycles. The molecule has 0 unspecified atom stereocenters. The third kappa shape index (κ3) is 2.07. The summed E-state index contributed by atoms with van der Waals surface area (Å²) in [6, 6.07) is 0. The van der Waals surface area contributed by atoms with E-state index in [0.717, 1.165) is 30.1 Å². The molecular formula is C10H16OS. The highest BCUT2D eigenvalue weighted by atomic mass is 32.1. The molecule has 0 aromatic carbocycles. The van der Waals surface area contributed by atoms with Crippen molar-refractivity contribution in [3.05, 3.63) is 21.8 Å². The van der Waals surface area contributed by atoms with Crippen LogP contribution in [0.2, 0.25) is 0 Å². The molecule has 1 nitrogen and oxygen atoms in total. The first-order valence-electron chi connectivity index (χ1n) is 4.32. The zero-order chi connectivity index (χ0) is 9.14. The van der Waals surface area contributed by atoms with Crippen molar-refractivity contribution < 1.29 is 4.74 Å². The van der Waals surface area contributed by atoms with Crippen molar-refractivity contribution in [2.75, 3.05) is 6.61 Å². The quantitative estimate of drug-likeness (QED) is 0.568. The smallest absolute Gasteiger partial charge is 0.121 e. The van der Waals surface area contributed by atoms with E-state index in [4.69, 9.17) is 4.74 Å². The van der Waals surface area contributed by atoms with E-state index in [2.05, 4.69) is 26.5 Å². The van der Waals surface area contributed by atoms with Gasteiger partial charge in [-0.1, -0.05) is 0 Å². The Balaban J connectivity index is 2.98. The van der Waals surface area contributed by atoms with E-state index in [0.29, 0.717) is 0 Å². The molecule has 1 aliphatic heterocycles. The van der Waals surface area contributed by atoms with Gasteiger partial charge in [-0.05, 0) is 44.1 Å². The highest BCUT2D eigenvalue weighted by Crippen LogP contribution is 2.29. The molecule has 1 aliphatic rings. The Bertz CT molecular complexity index is 204. The number of thiol groups is 1. The van der Waals surface area contributed by atoms with Crippen LogP contribution in [0.1, 0.15) is 33.6 Å². The molecule has 0 atom stereocenters. The summed E-state index contributed by atoms with van der Waals surface area (Å²) in [5.41, 5.74) is 2.53. The molecule has 0 bridgehead atoms. The van der Waals surface area contributed by atoms with Crippen LogP contribution in [0.4, 0.5) is 0 Å². The van der Waals surface area contributed by atoms with E-state index in [1.54, 1.807) is 0 Å². The summed E-state index contributed by atoms with van der Waals surface area (Å²) in [5, 5.41) is 0. The average molecular weight is 184 g/mol. The molecule has 2 heteroatoms. The first kappa shape index (κ1) is 9.72. The molecule has 12 heavy (non-hydrogen) atoms. The van der Waals surface area contributed by atoms with Gasteiger partial charge in [0.15, 0.2) is 0 Å². The van der Waals surface area contributed by atoms with Gasteiger partial charge in [-0.3, -0.25) is 0 Å². The van der Waals surface area contributed by atoms with Gasteiger partial charge < -0.3 is 4.74 Å². The SMILES string of the molecule is CC(C)=C1OCCC/C1=C(\C)S. The molecule has 1 rings (SSSR count). The van der Waals surface area contributed by atoms with Crippen molar-refractivity contribution >= 4 is 12.6 Å². The van der Waals surface area contributed by atoms with Crippen LogP contribution < -0.4 is 0 Å². The minimum absolute atomic E-state index is 0.852. The van der Waals surface area contributed by atoms with Crippen LogP contribution in [0.15, 0.2) is 21.8 Å². The van der Waals surface area contributed by atoms with E-state index < -0.39 is 0 Å². The van der Waals surface area contributed by atoms with Crippen molar-refractivity contribution in [2.24, 2.45) is 0 Å². The molecule has 1 saturated heterocycles. The van der Waals surface area contributed by atoms with Gasteiger partial charge in [-0.15, -0.1) is 12.6 Å². The molecular weight excluding hydrogens is 168 g/mol. The Hall–Kier alpha value is -0.370. The van der Waals surface area contributed by atoms with E-state index in [9.17, 15) is 0 Å². The molecule has 0 aromatic rings. The Morgan fingerprint density at radius 3 is 2.42 bits per heavy atom. The van der Waals surface area contributed by atoms with Gasteiger partial charge in [-0.2, -0.15) is 0 Å². The Morgan fingerprint density at radius 2 is 2.00 bits per heavy atom. The third-order valence-corrected chi connectivity index (χ3v) is 2.25. The number of rotatable bonds is 0. The van der Waals surface area contributed by atoms with Gasteiger partial charge in [0.2, 0.25) is 0 Å². The number of ether oxygens (including phenoxy) is 1. The third-order valence-electron chi connectivity index (χ3n) is 1.98. The second-order valence-corrected chi connectivity index (χ2v) is 4.02. The Labute approximate surface area is 79.9 Å². The molecule has 68 valence electrons. The highest BCUT2D eigenvalue weighted by molar-refractivity contribution is 7.84. The highest BCUT2D eigenvalue weighted by Gasteiger charge is 2.15. The van der Waals surface area contributed by atoms with Crippen LogP contribution in [0.25, 0.3) is 0 Å². The fourth-order valence-electron chi connectivity index (χ4n) is 1.42. The standard InChI is InChI=1S/C10H16OS/c1-7(2)10-9(8(3)12)5-4-6-11-10/h12H,4-6H2,1-3H3/b9-8-. The summed E-state index contributed by atoms with van der Waals surface area (Å²) in [6.07, 6.45) is 2.22. The van der Waals surface area contributed by atoms with E-state index in [1.165, 1.54) is 11.1 Å². The monoisotopic (exact) mass is 184 g/mol. The molecule has 1 fully saturated rings. The van der Waals surface area contributed by atoms with Gasteiger partial charge in [0.1, 0.15) is 5.76 Å². The molecule has 0 amide bonds. The fourth-order valence-corrected chi connectivity index (χ4v) is 1.63. The molecule has 0 saturated carbocycles. The van der Waals surface area contributed by atoms with Crippen LogP contribution in [0.5, 0.6) is 0 Å². The maximum Gasteiger partial charge on any atom is 0.121 e.